The van der Waals surface area contributed by atoms with Gasteiger partial charge in [0.2, 0.25) is 5.91 Å². The number of hydrogen-bond acceptors (Lipinski definition) is 3. The van der Waals surface area contributed by atoms with Crippen LogP contribution in [0.4, 0.5) is 5.13 Å². The standard InChI is InChI=1S/C17H22N2OS/c1-3-4-5-6-7-16(20)19-17-18-15(12-21-17)14-10-8-13(2)9-11-14/h8-12H,3-7H2,1-2H3,(H,18,19,20). The second kappa shape index (κ2) is 7.93. The predicted octanol–water partition coefficient (Wildman–Crippen LogP) is 5.03. The van der Waals surface area contributed by atoms with E-state index in [9.17, 15) is 4.79 Å². The van der Waals surface area contributed by atoms with Crippen molar-refractivity contribution in [1.82, 2.24) is 4.98 Å². The first-order chi connectivity index (χ1) is 10.2. The van der Waals surface area contributed by atoms with E-state index in [1.54, 1.807) is 0 Å². The number of anilines is 1. The third-order valence-electron chi connectivity index (χ3n) is 3.36. The van der Waals surface area contributed by atoms with Gasteiger partial charge in [-0.15, -0.1) is 11.3 Å². The fourth-order valence-electron chi connectivity index (χ4n) is 2.08. The van der Waals surface area contributed by atoms with Crippen molar-refractivity contribution in [3.8, 4) is 11.3 Å². The second-order valence-corrected chi connectivity index (χ2v) is 6.12. The van der Waals surface area contributed by atoms with Crippen molar-refractivity contribution in [2.45, 2.75) is 46.0 Å². The number of benzene rings is 1. The summed E-state index contributed by atoms with van der Waals surface area (Å²) in [6.07, 6.45) is 5.04. The summed E-state index contributed by atoms with van der Waals surface area (Å²) in [6.45, 7) is 4.23. The number of rotatable bonds is 7. The van der Waals surface area contributed by atoms with Gasteiger partial charge in [-0.25, -0.2) is 4.98 Å². The number of nitrogens with one attached hydrogen (secondary N) is 1. The van der Waals surface area contributed by atoms with Crippen LogP contribution in [0.5, 0.6) is 0 Å². The molecule has 2 aromatic rings. The molecule has 1 aromatic carbocycles. The lowest BCUT2D eigenvalue weighted by atomic mass is 10.1. The Morgan fingerprint density at radius 1 is 1.19 bits per heavy atom. The first-order valence-corrected chi connectivity index (χ1v) is 8.39. The number of hydrogen-bond donors (Lipinski definition) is 1. The van der Waals surface area contributed by atoms with Gasteiger partial charge >= 0.3 is 0 Å². The molecule has 4 heteroatoms. The van der Waals surface area contributed by atoms with Gasteiger partial charge in [0, 0.05) is 17.4 Å². The molecule has 0 bridgehead atoms. The molecule has 0 aliphatic heterocycles. The molecule has 0 saturated heterocycles. The van der Waals surface area contributed by atoms with E-state index < -0.39 is 0 Å². The Labute approximate surface area is 130 Å². The van der Waals surface area contributed by atoms with Crippen molar-refractivity contribution in [3.63, 3.8) is 0 Å². The molecule has 0 atom stereocenters. The molecule has 0 aliphatic rings. The van der Waals surface area contributed by atoms with Crippen LogP contribution in [0.15, 0.2) is 29.6 Å². The van der Waals surface area contributed by atoms with Crippen LogP contribution >= 0.6 is 11.3 Å². The number of unbranched alkanes of at least 4 members (excludes halogenated alkanes) is 3. The molecule has 3 nitrogen and oxygen atoms in total. The van der Waals surface area contributed by atoms with Crippen LogP contribution in [0.25, 0.3) is 11.3 Å². The summed E-state index contributed by atoms with van der Waals surface area (Å²) < 4.78 is 0. The molecular formula is C17H22N2OS. The van der Waals surface area contributed by atoms with Gasteiger partial charge in [-0.3, -0.25) is 4.79 Å². The average molecular weight is 302 g/mol. The van der Waals surface area contributed by atoms with E-state index in [0.29, 0.717) is 11.6 Å². The van der Waals surface area contributed by atoms with Gasteiger partial charge < -0.3 is 5.32 Å². The smallest absolute Gasteiger partial charge is 0.226 e. The molecule has 1 heterocycles. The van der Waals surface area contributed by atoms with Gasteiger partial charge in [-0.2, -0.15) is 0 Å². The second-order valence-electron chi connectivity index (χ2n) is 5.26. The summed E-state index contributed by atoms with van der Waals surface area (Å²) in [7, 11) is 0. The number of thiazole rings is 1. The van der Waals surface area contributed by atoms with E-state index in [4.69, 9.17) is 0 Å². The van der Waals surface area contributed by atoms with E-state index in [0.717, 1.165) is 24.1 Å². The molecule has 0 spiro atoms. The van der Waals surface area contributed by atoms with Crippen molar-refractivity contribution in [2.75, 3.05) is 5.32 Å². The molecule has 21 heavy (non-hydrogen) atoms. The summed E-state index contributed by atoms with van der Waals surface area (Å²) in [5.74, 6) is 0.0657. The average Bonchev–Trinajstić information content (AvgIpc) is 2.93. The van der Waals surface area contributed by atoms with Crippen LogP contribution in [-0.4, -0.2) is 10.9 Å². The number of nitrogens with zero attached hydrogens (tertiary/aromatic N) is 1. The van der Waals surface area contributed by atoms with Gasteiger partial charge in [0.15, 0.2) is 5.13 Å². The molecule has 1 aromatic heterocycles. The number of amides is 1. The van der Waals surface area contributed by atoms with E-state index >= 15 is 0 Å². The molecule has 0 radical (unpaired) electrons. The summed E-state index contributed by atoms with van der Waals surface area (Å²) in [4.78, 5) is 16.3. The Hall–Kier alpha value is -1.68. The normalized spacial score (nSPS) is 10.6. The minimum absolute atomic E-state index is 0.0657. The minimum Gasteiger partial charge on any atom is -0.302 e. The number of aryl methyl sites for hydroxylation is 1. The van der Waals surface area contributed by atoms with Crippen LogP contribution in [0.1, 0.15) is 44.6 Å². The summed E-state index contributed by atoms with van der Waals surface area (Å²) >= 11 is 1.48. The van der Waals surface area contributed by atoms with Gasteiger partial charge in [0.05, 0.1) is 5.69 Å². The zero-order chi connectivity index (χ0) is 15.1. The third-order valence-corrected chi connectivity index (χ3v) is 4.11. The monoisotopic (exact) mass is 302 g/mol. The lowest BCUT2D eigenvalue weighted by Gasteiger charge is -2.01. The maximum atomic E-state index is 11.8. The fraction of sp³-hybridized carbons (Fsp3) is 0.412. The Morgan fingerprint density at radius 3 is 2.67 bits per heavy atom. The molecule has 0 unspecified atom stereocenters. The molecule has 1 N–H and O–H groups in total. The highest BCUT2D eigenvalue weighted by atomic mass is 32.1. The molecule has 0 aliphatic carbocycles. The molecule has 1 amide bonds. The number of carbonyl (C=O) groups is 1. The molecule has 2 rings (SSSR count). The Balaban J connectivity index is 1.88. The van der Waals surface area contributed by atoms with Crippen molar-refractivity contribution in [1.29, 1.82) is 0 Å². The summed E-state index contributed by atoms with van der Waals surface area (Å²) in [5.41, 5.74) is 3.23. The Morgan fingerprint density at radius 2 is 1.95 bits per heavy atom. The van der Waals surface area contributed by atoms with Crippen molar-refractivity contribution in [3.05, 3.63) is 35.2 Å². The van der Waals surface area contributed by atoms with Gasteiger partial charge in [0.25, 0.3) is 0 Å². The highest BCUT2D eigenvalue weighted by Gasteiger charge is 2.07. The van der Waals surface area contributed by atoms with Crippen molar-refractivity contribution in [2.24, 2.45) is 0 Å². The van der Waals surface area contributed by atoms with Crippen LogP contribution in [0.2, 0.25) is 0 Å². The van der Waals surface area contributed by atoms with Gasteiger partial charge in [-0.05, 0) is 13.3 Å². The zero-order valence-electron chi connectivity index (χ0n) is 12.7. The highest BCUT2D eigenvalue weighted by molar-refractivity contribution is 7.14. The summed E-state index contributed by atoms with van der Waals surface area (Å²) in [6, 6.07) is 8.25. The Kier molecular flexibility index (Phi) is 5.93. The molecule has 112 valence electrons. The molecular weight excluding hydrogens is 280 g/mol. The van der Waals surface area contributed by atoms with Gasteiger partial charge in [-0.1, -0.05) is 56.0 Å². The third kappa shape index (κ3) is 4.97. The zero-order valence-corrected chi connectivity index (χ0v) is 13.5. The van der Waals surface area contributed by atoms with Crippen LogP contribution in [0, 0.1) is 6.92 Å². The quantitative estimate of drug-likeness (QED) is 0.729. The predicted molar refractivity (Wildman–Crippen MR) is 89.7 cm³/mol. The highest BCUT2D eigenvalue weighted by Crippen LogP contribution is 2.25. The Bertz CT molecular complexity index is 575. The lowest BCUT2D eigenvalue weighted by Crippen LogP contribution is -2.10. The largest absolute Gasteiger partial charge is 0.302 e. The van der Waals surface area contributed by atoms with Crippen LogP contribution in [-0.2, 0) is 4.79 Å². The van der Waals surface area contributed by atoms with Crippen LogP contribution in [0.3, 0.4) is 0 Å². The fourth-order valence-corrected chi connectivity index (χ4v) is 2.82. The first-order valence-electron chi connectivity index (χ1n) is 7.51. The molecule has 0 fully saturated rings. The van der Waals surface area contributed by atoms with E-state index in [1.165, 1.54) is 29.7 Å². The number of carbonyl (C=O) groups excluding carboxylic acids is 1. The maximum Gasteiger partial charge on any atom is 0.226 e. The van der Waals surface area contributed by atoms with Gasteiger partial charge in [0.1, 0.15) is 0 Å². The molecule has 0 saturated carbocycles. The first kappa shape index (κ1) is 15.7. The lowest BCUT2D eigenvalue weighted by molar-refractivity contribution is -0.116. The SMILES string of the molecule is CCCCCCC(=O)Nc1nc(-c2ccc(C)cc2)cs1. The van der Waals surface area contributed by atoms with E-state index in [2.05, 4.69) is 48.4 Å². The van der Waals surface area contributed by atoms with Crippen molar-refractivity contribution >= 4 is 22.4 Å². The van der Waals surface area contributed by atoms with Crippen LogP contribution < -0.4 is 5.32 Å². The topological polar surface area (TPSA) is 42.0 Å². The summed E-state index contributed by atoms with van der Waals surface area (Å²) in [5, 5.41) is 5.56. The number of aromatic nitrogens is 1. The van der Waals surface area contributed by atoms with Crippen molar-refractivity contribution < 1.29 is 4.79 Å². The van der Waals surface area contributed by atoms with E-state index in [-0.39, 0.29) is 5.91 Å². The van der Waals surface area contributed by atoms with E-state index in [1.807, 2.05) is 5.38 Å². The minimum atomic E-state index is 0.0657. The maximum absolute atomic E-state index is 11.8.